The van der Waals surface area contributed by atoms with E-state index < -0.39 is 11.9 Å². The molecule has 0 bridgehead atoms. The Balaban J connectivity index is 2.73. The Morgan fingerprint density at radius 1 is 1.57 bits per heavy atom. The lowest BCUT2D eigenvalue weighted by atomic mass is 10.1. The van der Waals surface area contributed by atoms with E-state index in [4.69, 9.17) is 15.1 Å². The fraction of sp³-hybridized carbons (Fsp3) is 0.467. The number of amides is 1. The second kappa shape index (κ2) is 8.70. The number of carbonyl (C=O) groups excluding carboxylic acids is 1. The predicted molar refractivity (Wildman–Crippen MR) is 82.5 cm³/mol. The van der Waals surface area contributed by atoms with Gasteiger partial charge in [0, 0.05) is 20.2 Å². The number of nitrogens with one attached hydrogen (secondary N) is 1. The van der Waals surface area contributed by atoms with Gasteiger partial charge in [0.05, 0.1) is 18.0 Å². The van der Waals surface area contributed by atoms with Crippen LogP contribution in [0, 0.1) is 11.3 Å². The number of carboxylic acid groups (broad SMARTS) is 1. The third-order valence-corrected chi connectivity index (χ3v) is 2.92. The lowest BCUT2D eigenvalue weighted by molar-refractivity contribution is -0.117. The molecule has 0 aliphatic heterocycles. The average Bonchev–Trinajstić information content (AvgIpc) is 2.84. The summed E-state index contributed by atoms with van der Waals surface area (Å²) in [6.07, 6.45) is 3.13. The summed E-state index contributed by atoms with van der Waals surface area (Å²) < 4.78 is 6.64. The van der Waals surface area contributed by atoms with Crippen LogP contribution in [0.25, 0.3) is 6.08 Å². The Morgan fingerprint density at radius 2 is 2.26 bits per heavy atom. The second-order valence-corrected chi connectivity index (χ2v) is 5.07. The molecule has 0 radical (unpaired) electrons. The molecule has 8 heteroatoms. The Bertz CT molecular complexity index is 640. The number of ether oxygens (including phenoxy) is 1. The van der Waals surface area contributed by atoms with Gasteiger partial charge in [0.15, 0.2) is 0 Å². The van der Waals surface area contributed by atoms with Crippen LogP contribution < -0.4 is 5.32 Å². The Kier molecular flexibility index (Phi) is 6.96. The van der Waals surface area contributed by atoms with E-state index in [0.717, 1.165) is 0 Å². The number of nitrogens with zero attached hydrogens (tertiary/aromatic N) is 3. The zero-order valence-corrected chi connectivity index (χ0v) is 13.4. The molecule has 124 valence electrons. The molecule has 0 aromatic carbocycles. The van der Waals surface area contributed by atoms with Crippen molar-refractivity contribution >= 4 is 18.0 Å². The molecule has 0 aliphatic carbocycles. The van der Waals surface area contributed by atoms with Crippen molar-refractivity contribution in [3.05, 3.63) is 23.0 Å². The van der Waals surface area contributed by atoms with E-state index >= 15 is 0 Å². The van der Waals surface area contributed by atoms with E-state index in [1.54, 1.807) is 6.07 Å². The summed E-state index contributed by atoms with van der Waals surface area (Å²) in [5.74, 6) is -1.73. The Hall–Kier alpha value is -2.66. The lowest BCUT2D eigenvalue weighted by Crippen LogP contribution is -2.26. The minimum absolute atomic E-state index is 0.0709. The highest BCUT2D eigenvalue weighted by molar-refractivity contribution is 6.03. The lowest BCUT2D eigenvalue weighted by Gasteiger charge is -2.08. The minimum atomic E-state index is -1.17. The maximum atomic E-state index is 12.0. The van der Waals surface area contributed by atoms with Crippen LogP contribution in [0.1, 0.15) is 36.3 Å². The maximum Gasteiger partial charge on any atom is 0.339 e. The fourth-order valence-electron chi connectivity index (χ4n) is 1.76. The second-order valence-electron chi connectivity index (χ2n) is 5.07. The third kappa shape index (κ3) is 5.56. The van der Waals surface area contributed by atoms with Crippen LogP contribution in [0.5, 0.6) is 0 Å². The summed E-state index contributed by atoms with van der Waals surface area (Å²) in [6.45, 7) is 4.71. The van der Waals surface area contributed by atoms with Crippen molar-refractivity contribution in [1.29, 1.82) is 5.26 Å². The van der Waals surface area contributed by atoms with Crippen molar-refractivity contribution < 1.29 is 19.4 Å². The van der Waals surface area contributed by atoms with E-state index in [2.05, 4.69) is 10.4 Å². The van der Waals surface area contributed by atoms with Gasteiger partial charge in [-0.05, 0) is 26.3 Å². The molecular weight excluding hydrogens is 300 g/mol. The van der Waals surface area contributed by atoms with Crippen molar-refractivity contribution in [3.63, 3.8) is 0 Å². The number of hydrogen-bond donors (Lipinski definition) is 2. The van der Waals surface area contributed by atoms with Crippen molar-refractivity contribution in [2.24, 2.45) is 7.05 Å². The molecule has 23 heavy (non-hydrogen) atoms. The number of carboxylic acids is 1. The number of carbonyl (C=O) groups is 2. The van der Waals surface area contributed by atoms with E-state index in [1.807, 2.05) is 13.8 Å². The molecule has 0 saturated carbocycles. The van der Waals surface area contributed by atoms with Gasteiger partial charge < -0.3 is 15.2 Å². The topological polar surface area (TPSA) is 117 Å². The summed E-state index contributed by atoms with van der Waals surface area (Å²) in [7, 11) is 1.54. The zero-order chi connectivity index (χ0) is 17.4. The number of hydrogen-bond acceptors (Lipinski definition) is 5. The van der Waals surface area contributed by atoms with Crippen LogP contribution in [0.15, 0.2) is 11.8 Å². The van der Waals surface area contributed by atoms with Gasteiger partial charge in [0.2, 0.25) is 0 Å². The average molecular weight is 320 g/mol. The molecule has 8 nitrogen and oxygen atoms in total. The van der Waals surface area contributed by atoms with E-state index in [0.29, 0.717) is 19.6 Å². The van der Waals surface area contributed by atoms with Crippen LogP contribution in [0.3, 0.4) is 0 Å². The van der Waals surface area contributed by atoms with Crippen LogP contribution in [0.2, 0.25) is 0 Å². The normalized spacial score (nSPS) is 11.3. The molecule has 1 rings (SSSR count). The quantitative estimate of drug-likeness (QED) is 0.418. The van der Waals surface area contributed by atoms with Crippen LogP contribution >= 0.6 is 0 Å². The van der Waals surface area contributed by atoms with Gasteiger partial charge >= 0.3 is 5.97 Å². The van der Waals surface area contributed by atoms with Crippen molar-refractivity contribution in [1.82, 2.24) is 15.1 Å². The largest absolute Gasteiger partial charge is 0.478 e. The van der Waals surface area contributed by atoms with E-state index in [-0.39, 0.29) is 22.9 Å². The fourth-order valence-corrected chi connectivity index (χ4v) is 1.76. The predicted octanol–water partition coefficient (Wildman–Crippen LogP) is 0.957. The molecule has 0 atom stereocenters. The molecule has 1 aromatic heterocycles. The smallest absolute Gasteiger partial charge is 0.339 e. The molecule has 1 aromatic rings. The molecule has 0 aliphatic rings. The summed E-state index contributed by atoms with van der Waals surface area (Å²) in [4.78, 5) is 23.1. The molecule has 0 fully saturated rings. The molecule has 1 heterocycles. The number of aryl methyl sites for hydroxylation is 1. The first kappa shape index (κ1) is 18.4. The van der Waals surface area contributed by atoms with Crippen molar-refractivity contribution in [2.45, 2.75) is 26.4 Å². The van der Waals surface area contributed by atoms with Gasteiger partial charge in [-0.25, -0.2) is 4.79 Å². The summed E-state index contributed by atoms with van der Waals surface area (Å²) in [5.41, 5.74) is -0.0633. The Labute approximate surface area is 134 Å². The van der Waals surface area contributed by atoms with Gasteiger partial charge in [-0.2, -0.15) is 10.4 Å². The van der Waals surface area contributed by atoms with Crippen molar-refractivity contribution in [2.75, 3.05) is 13.2 Å². The SMILES string of the molecule is CC(C)OCCCNC(=O)/C(C#N)=C/c1c(C(=O)O)cnn1C. The first-order valence-electron chi connectivity index (χ1n) is 7.13. The monoisotopic (exact) mass is 320 g/mol. The number of nitriles is 1. The molecule has 0 spiro atoms. The third-order valence-electron chi connectivity index (χ3n) is 2.92. The summed E-state index contributed by atoms with van der Waals surface area (Å²) in [6, 6.07) is 1.78. The van der Waals surface area contributed by atoms with Crippen molar-refractivity contribution in [3.8, 4) is 6.07 Å². The van der Waals surface area contributed by atoms with Gasteiger partial charge in [-0.1, -0.05) is 0 Å². The minimum Gasteiger partial charge on any atom is -0.478 e. The van der Waals surface area contributed by atoms with E-state index in [1.165, 1.54) is 24.0 Å². The highest BCUT2D eigenvalue weighted by atomic mass is 16.5. The molecule has 0 unspecified atom stereocenters. The van der Waals surface area contributed by atoms with Gasteiger partial charge in [0.1, 0.15) is 17.2 Å². The first-order valence-corrected chi connectivity index (χ1v) is 7.13. The number of aromatic nitrogens is 2. The summed E-state index contributed by atoms with van der Waals surface area (Å²) in [5, 5.41) is 24.6. The van der Waals surface area contributed by atoms with E-state index in [9.17, 15) is 9.59 Å². The zero-order valence-electron chi connectivity index (χ0n) is 13.4. The van der Waals surface area contributed by atoms with Crippen LogP contribution in [-0.2, 0) is 16.6 Å². The Morgan fingerprint density at radius 3 is 2.83 bits per heavy atom. The standard InChI is InChI=1S/C15H20N4O4/c1-10(2)23-6-4-5-17-14(20)11(8-16)7-13-12(15(21)22)9-18-19(13)3/h7,9-10H,4-6H2,1-3H3,(H,17,20)(H,21,22)/b11-7+. The molecule has 2 N–H and O–H groups in total. The molecular formula is C15H20N4O4. The highest BCUT2D eigenvalue weighted by Gasteiger charge is 2.16. The van der Waals surface area contributed by atoms with Crippen LogP contribution in [-0.4, -0.2) is 46.0 Å². The summed E-state index contributed by atoms with van der Waals surface area (Å²) >= 11 is 0. The first-order chi connectivity index (χ1) is 10.9. The van der Waals surface area contributed by atoms with Crippen LogP contribution in [0.4, 0.5) is 0 Å². The van der Waals surface area contributed by atoms with Gasteiger partial charge in [-0.15, -0.1) is 0 Å². The number of rotatable bonds is 8. The highest BCUT2D eigenvalue weighted by Crippen LogP contribution is 2.12. The number of aromatic carboxylic acids is 1. The molecule has 0 saturated heterocycles. The molecule has 1 amide bonds. The van der Waals surface area contributed by atoms with Gasteiger partial charge in [-0.3, -0.25) is 9.48 Å². The maximum absolute atomic E-state index is 12.0. The van der Waals surface area contributed by atoms with Gasteiger partial charge in [0.25, 0.3) is 5.91 Å².